The Morgan fingerprint density at radius 1 is 1.26 bits per heavy atom. The summed E-state index contributed by atoms with van der Waals surface area (Å²) < 4.78 is 7.53. The zero-order valence-electron chi connectivity index (χ0n) is 14.6. The number of aliphatic carboxylic acids is 1. The molecule has 0 unspecified atom stereocenters. The largest absolute Gasteiger partial charge is 0.486 e. The Balaban J connectivity index is 1.67. The molecule has 0 heterocycles. The molecule has 2 aromatic carbocycles. The molecule has 144 valence electrons. The molecule has 0 bridgehead atoms. The van der Waals surface area contributed by atoms with Crippen molar-refractivity contribution in [3.05, 3.63) is 55.4 Å². The number of anilines is 1. The number of halogens is 3. The minimum atomic E-state index is -0.813. The number of aryl methyl sites for hydroxylation is 1. The Morgan fingerprint density at radius 2 is 1.96 bits per heavy atom. The van der Waals surface area contributed by atoms with Crippen LogP contribution in [-0.2, 0) is 17.8 Å². The highest BCUT2D eigenvalue weighted by Crippen LogP contribution is 2.37. The number of carbonyl (C=O) groups is 1. The number of nitrogens with one attached hydrogen (secondary N) is 1. The zero-order chi connectivity index (χ0) is 19.4. The van der Waals surface area contributed by atoms with Crippen molar-refractivity contribution in [2.45, 2.75) is 32.3 Å². The SMILES string of the molecule is O=C(O)CCc1cc(Br)c(OCc2cccc(NCC3CC3)c2Cl)c(Br)c1. The maximum atomic E-state index is 10.7. The van der Waals surface area contributed by atoms with Crippen molar-refractivity contribution in [2.24, 2.45) is 5.92 Å². The van der Waals surface area contributed by atoms with E-state index in [4.69, 9.17) is 21.4 Å². The van der Waals surface area contributed by atoms with Crippen molar-refractivity contribution in [1.29, 1.82) is 0 Å². The lowest BCUT2D eigenvalue weighted by Gasteiger charge is -2.15. The van der Waals surface area contributed by atoms with E-state index in [0.717, 1.165) is 38.2 Å². The van der Waals surface area contributed by atoms with Crippen molar-refractivity contribution in [2.75, 3.05) is 11.9 Å². The molecule has 4 nitrogen and oxygen atoms in total. The van der Waals surface area contributed by atoms with E-state index in [-0.39, 0.29) is 6.42 Å². The Hall–Kier alpha value is -1.24. The van der Waals surface area contributed by atoms with Gasteiger partial charge in [-0.3, -0.25) is 4.79 Å². The van der Waals surface area contributed by atoms with Gasteiger partial charge in [0, 0.05) is 18.5 Å². The first kappa shape index (κ1) is 20.5. The van der Waals surface area contributed by atoms with Crippen molar-refractivity contribution in [1.82, 2.24) is 0 Å². The second-order valence-corrected chi connectivity index (χ2v) is 8.76. The molecule has 27 heavy (non-hydrogen) atoms. The maximum Gasteiger partial charge on any atom is 0.303 e. The summed E-state index contributed by atoms with van der Waals surface area (Å²) in [6, 6.07) is 9.68. The van der Waals surface area contributed by atoms with Gasteiger partial charge in [0.2, 0.25) is 0 Å². The van der Waals surface area contributed by atoms with E-state index in [1.54, 1.807) is 0 Å². The summed E-state index contributed by atoms with van der Waals surface area (Å²) in [4.78, 5) is 10.7. The van der Waals surface area contributed by atoms with Crippen molar-refractivity contribution in [3.63, 3.8) is 0 Å². The number of rotatable bonds is 9. The van der Waals surface area contributed by atoms with Crippen molar-refractivity contribution >= 4 is 55.1 Å². The predicted octanol–water partition coefficient (Wildman–Crippen LogP) is 6.28. The van der Waals surface area contributed by atoms with Crippen LogP contribution in [0.5, 0.6) is 5.75 Å². The smallest absolute Gasteiger partial charge is 0.303 e. The van der Waals surface area contributed by atoms with Crippen LogP contribution in [0.1, 0.15) is 30.4 Å². The molecule has 1 aliphatic carbocycles. The van der Waals surface area contributed by atoms with Gasteiger partial charge in [0.25, 0.3) is 0 Å². The van der Waals surface area contributed by atoms with Crippen LogP contribution in [0.15, 0.2) is 39.3 Å². The van der Waals surface area contributed by atoms with Gasteiger partial charge in [-0.15, -0.1) is 0 Å². The minimum absolute atomic E-state index is 0.0926. The van der Waals surface area contributed by atoms with E-state index >= 15 is 0 Å². The molecular weight excluding hydrogens is 497 g/mol. The summed E-state index contributed by atoms with van der Waals surface area (Å²) in [5.74, 6) is 0.626. The molecule has 2 aromatic rings. The average molecular weight is 518 g/mol. The molecule has 0 aliphatic heterocycles. The molecular formula is C20H20Br2ClNO3. The standard InChI is InChI=1S/C20H20Br2ClNO3/c21-15-8-13(6-7-18(25)26)9-16(22)20(15)27-11-14-2-1-3-17(19(14)23)24-10-12-4-5-12/h1-3,8-9,12,24H,4-7,10-11H2,(H,25,26). The first-order valence-corrected chi connectivity index (χ1v) is 10.7. The molecule has 7 heteroatoms. The topological polar surface area (TPSA) is 58.6 Å². The highest BCUT2D eigenvalue weighted by Gasteiger charge is 2.21. The highest BCUT2D eigenvalue weighted by molar-refractivity contribution is 9.11. The van der Waals surface area contributed by atoms with Gasteiger partial charge in [-0.2, -0.15) is 0 Å². The highest BCUT2D eigenvalue weighted by atomic mass is 79.9. The monoisotopic (exact) mass is 515 g/mol. The van der Waals surface area contributed by atoms with Crippen LogP contribution >= 0.6 is 43.5 Å². The Bertz CT molecular complexity index is 817. The molecule has 0 aromatic heterocycles. The fourth-order valence-electron chi connectivity index (χ4n) is 2.70. The lowest BCUT2D eigenvalue weighted by atomic mass is 10.1. The van der Waals surface area contributed by atoms with E-state index in [1.165, 1.54) is 12.8 Å². The zero-order valence-corrected chi connectivity index (χ0v) is 18.5. The van der Waals surface area contributed by atoms with Crippen LogP contribution in [-0.4, -0.2) is 17.6 Å². The summed E-state index contributed by atoms with van der Waals surface area (Å²) in [5, 5.41) is 12.9. The molecule has 0 saturated heterocycles. The summed E-state index contributed by atoms with van der Waals surface area (Å²) in [5.41, 5.74) is 2.77. The Labute approximate surface area is 180 Å². The van der Waals surface area contributed by atoms with Crippen LogP contribution in [0.25, 0.3) is 0 Å². The number of hydrogen-bond donors (Lipinski definition) is 2. The second kappa shape index (κ2) is 9.30. The number of hydrogen-bond acceptors (Lipinski definition) is 3. The van der Waals surface area contributed by atoms with E-state index in [2.05, 4.69) is 37.2 Å². The lowest BCUT2D eigenvalue weighted by molar-refractivity contribution is -0.136. The summed E-state index contributed by atoms with van der Waals surface area (Å²) in [6.07, 6.45) is 3.14. The summed E-state index contributed by atoms with van der Waals surface area (Å²) >= 11 is 13.6. The first-order chi connectivity index (χ1) is 12.9. The van der Waals surface area contributed by atoms with Crippen LogP contribution in [0.2, 0.25) is 5.02 Å². The van der Waals surface area contributed by atoms with Gasteiger partial charge in [0.05, 0.1) is 19.7 Å². The molecule has 1 saturated carbocycles. The molecule has 0 radical (unpaired) electrons. The van der Waals surface area contributed by atoms with Gasteiger partial charge in [-0.1, -0.05) is 23.7 Å². The Morgan fingerprint density at radius 3 is 2.59 bits per heavy atom. The maximum absolute atomic E-state index is 10.7. The predicted molar refractivity (Wildman–Crippen MR) is 115 cm³/mol. The molecule has 0 spiro atoms. The van der Waals surface area contributed by atoms with Gasteiger partial charge >= 0.3 is 5.97 Å². The number of carboxylic acids is 1. The molecule has 0 atom stereocenters. The summed E-state index contributed by atoms with van der Waals surface area (Å²) in [6.45, 7) is 1.29. The van der Waals surface area contributed by atoms with Crippen molar-refractivity contribution < 1.29 is 14.6 Å². The molecule has 0 amide bonds. The van der Waals surface area contributed by atoms with E-state index in [0.29, 0.717) is 23.8 Å². The fraction of sp³-hybridized carbons (Fsp3) is 0.350. The first-order valence-electron chi connectivity index (χ1n) is 8.78. The minimum Gasteiger partial charge on any atom is -0.486 e. The number of benzene rings is 2. The third-order valence-corrected chi connectivity index (χ3v) is 6.04. The van der Waals surface area contributed by atoms with Gasteiger partial charge in [0.1, 0.15) is 12.4 Å². The van der Waals surface area contributed by atoms with Gasteiger partial charge in [-0.05, 0) is 80.8 Å². The second-order valence-electron chi connectivity index (χ2n) is 6.67. The van der Waals surface area contributed by atoms with E-state index < -0.39 is 5.97 Å². The summed E-state index contributed by atoms with van der Waals surface area (Å²) in [7, 11) is 0. The lowest BCUT2D eigenvalue weighted by Crippen LogP contribution is -2.05. The van der Waals surface area contributed by atoms with Crippen LogP contribution in [0.4, 0.5) is 5.69 Å². The number of carboxylic acid groups (broad SMARTS) is 1. The third kappa shape index (κ3) is 5.87. The van der Waals surface area contributed by atoms with Crippen molar-refractivity contribution in [3.8, 4) is 5.75 Å². The van der Waals surface area contributed by atoms with Crippen LogP contribution in [0, 0.1) is 5.92 Å². The molecule has 2 N–H and O–H groups in total. The molecule has 3 rings (SSSR count). The van der Waals surface area contributed by atoms with Crippen LogP contribution in [0.3, 0.4) is 0 Å². The fourth-order valence-corrected chi connectivity index (χ4v) is 4.46. The van der Waals surface area contributed by atoms with E-state index in [9.17, 15) is 4.79 Å². The molecule has 1 fully saturated rings. The quantitative estimate of drug-likeness (QED) is 0.411. The normalized spacial score (nSPS) is 13.4. The average Bonchev–Trinajstić information content (AvgIpc) is 3.44. The number of ether oxygens (including phenoxy) is 1. The molecule has 1 aliphatic rings. The van der Waals surface area contributed by atoms with Gasteiger partial charge in [-0.25, -0.2) is 0 Å². The van der Waals surface area contributed by atoms with E-state index in [1.807, 2.05) is 30.3 Å². The Kier molecular flexibility index (Phi) is 7.06. The van der Waals surface area contributed by atoms with Gasteiger partial charge < -0.3 is 15.2 Å². The van der Waals surface area contributed by atoms with Crippen LogP contribution < -0.4 is 10.1 Å². The third-order valence-electron chi connectivity index (χ3n) is 4.41. The van der Waals surface area contributed by atoms with Gasteiger partial charge in [0.15, 0.2) is 0 Å².